The van der Waals surface area contributed by atoms with Gasteiger partial charge in [0.1, 0.15) is 5.52 Å². The Balaban J connectivity index is 1.70. The Morgan fingerprint density at radius 1 is 1.00 bits per heavy atom. The van der Waals surface area contributed by atoms with Crippen molar-refractivity contribution in [1.29, 1.82) is 0 Å². The van der Waals surface area contributed by atoms with Crippen LogP contribution in [0.15, 0.2) is 49.1 Å². The van der Waals surface area contributed by atoms with Gasteiger partial charge in [0.2, 0.25) is 0 Å². The van der Waals surface area contributed by atoms with E-state index in [2.05, 4.69) is 25.3 Å². The van der Waals surface area contributed by atoms with Gasteiger partial charge in [-0.3, -0.25) is 4.79 Å². The van der Waals surface area contributed by atoms with Gasteiger partial charge in [0.15, 0.2) is 0 Å². The minimum absolute atomic E-state index is 0.179. The summed E-state index contributed by atoms with van der Waals surface area (Å²) in [6, 6.07) is 11.0. The predicted octanol–water partition coefficient (Wildman–Crippen LogP) is 2.69. The maximum Gasteiger partial charge on any atom is 0.255 e. The topological polar surface area (TPSA) is 86.5 Å². The van der Waals surface area contributed by atoms with Crippen molar-refractivity contribution in [2.45, 2.75) is 0 Å². The zero-order chi connectivity index (χ0) is 14.2. The number of nitrogens with one attached hydrogen (secondary N) is 3. The molecule has 0 aliphatic heterocycles. The van der Waals surface area contributed by atoms with Gasteiger partial charge < -0.3 is 15.3 Å². The van der Waals surface area contributed by atoms with E-state index >= 15 is 0 Å². The lowest BCUT2D eigenvalue weighted by molar-refractivity contribution is 0.102. The summed E-state index contributed by atoms with van der Waals surface area (Å²) >= 11 is 0. The minimum Gasteiger partial charge on any atom is -0.345 e. The molecule has 0 fully saturated rings. The monoisotopic (exact) mass is 277 g/mol. The number of amides is 1. The molecule has 0 saturated heterocycles. The maximum absolute atomic E-state index is 12.4. The first-order valence-electron chi connectivity index (χ1n) is 6.48. The van der Waals surface area contributed by atoms with Crippen LogP contribution >= 0.6 is 0 Å². The van der Waals surface area contributed by atoms with Crippen molar-refractivity contribution in [1.82, 2.24) is 19.9 Å². The number of anilines is 1. The SMILES string of the molecule is O=C(Nc1cccc2[nH]cnc12)c1ccc2nc[nH]c2c1. The minimum atomic E-state index is -0.179. The van der Waals surface area contributed by atoms with E-state index in [4.69, 9.17) is 0 Å². The van der Waals surface area contributed by atoms with Crippen LogP contribution in [-0.2, 0) is 0 Å². The van der Waals surface area contributed by atoms with E-state index in [-0.39, 0.29) is 5.91 Å². The number of hydrogen-bond acceptors (Lipinski definition) is 3. The molecule has 1 amide bonds. The average Bonchev–Trinajstić information content (AvgIpc) is 3.15. The van der Waals surface area contributed by atoms with Crippen molar-refractivity contribution in [3.8, 4) is 0 Å². The highest BCUT2D eigenvalue weighted by atomic mass is 16.1. The van der Waals surface area contributed by atoms with Crippen LogP contribution in [0.3, 0.4) is 0 Å². The number of para-hydroxylation sites is 1. The number of carbonyl (C=O) groups excluding carboxylic acids is 1. The van der Waals surface area contributed by atoms with Crippen LogP contribution < -0.4 is 5.32 Å². The molecule has 102 valence electrons. The fraction of sp³-hybridized carbons (Fsp3) is 0. The Hall–Kier alpha value is -3.15. The van der Waals surface area contributed by atoms with Crippen LogP contribution in [0.4, 0.5) is 5.69 Å². The second-order valence-corrected chi connectivity index (χ2v) is 4.69. The third kappa shape index (κ3) is 1.93. The van der Waals surface area contributed by atoms with E-state index in [1.54, 1.807) is 24.8 Å². The molecule has 6 heteroatoms. The summed E-state index contributed by atoms with van der Waals surface area (Å²) in [5, 5.41) is 2.89. The molecule has 0 radical (unpaired) electrons. The molecule has 0 spiro atoms. The van der Waals surface area contributed by atoms with Gasteiger partial charge in [-0.15, -0.1) is 0 Å². The lowest BCUT2D eigenvalue weighted by Crippen LogP contribution is -2.12. The Morgan fingerprint density at radius 2 is 1.86 bits per heavy atom. The predicted molar refractivity (Wildman–Crippen MR) is 80.1 cm³/mol. The fourth-order valence-electron chi connectivity index (χ4n) is 2.34. The Kier molecular flexibility index (Phi) is 2.47. The largest absolute Gasteiger partial charge is 0.345 e. The molecular weight excluding hydrogens is 266 g/mol. The first-order valence-corrected chi connectivity index (χ1v) is 6.48. The summed E-state index contributed by atoms with van der Waals surface area (Å²) in [7, 11) is 0. The maximum atomic E-state index is 12.4. The van der Waals surface area contributed by atoms with Crippen LogP contribution in [0.1, 0.15) is 10.4 Å². The molecule has 0 bridgehead atoms. The molecule has 0 saturated carbocycles. The van der Waals surface area contributed by atoms with Gasteiger partial charge in [0.05, 0.1) is 34.9 Å². The number of rotatable bonds is 2. The summed E-state index contributed by atoms with van der Waals surface area (Å²) in [6.45, 7) is 0. The third-order valence-corrected chi connectivity index (χ3v) is 3.38. The molecule has 21 heavy (non-hydrogen) atoms. The number of nitrogens with zero attached hydrogens (tertiary/aromatic N) is 2. The summed E-state index contributed by atoms with van der Waals surface area (Å²) in [5.74, 6) is -0.179. The number of H-pyrrole nitrogens is 2. The second kappa shape index (κ2) is 4.45. The highest BCUT2D eigenvalue weighted by Crippen LogP contribution is 2.21. The highest BCUT2D eigenvalue weighted by Gasteiger charge is 2.10. The van der Waals surface area contributed by atoms with E-state index < -0.39 is 0 Å². The van der Waals surface area contributed by atoms with Gasteiger partial charge >= 0.3 is 0 Å². The molecule has 2 heterocycles. The van der Waals surface area contributed by atoms with Crippen LogP contribution in [0, 0.1) is 0 Å². The molecule has 3 N–H and O–H groups in total. The molecule has 0 aliphatic rings. The lowest BCUT2D eigenvalue weighted by atomic mass is 10.2. The van der Waals surface area contributed by atoms with Crippen molar-refractivity contribution < 1.29 is 4.79 Å². The van der Waals surface area contributed by atoms with E-state index in [0.717, 1.165) is 22.1 Å². The van der Waals surface area contributed by atoms with Gasteiger partial charge in [0, 0.05) is 5.56 Å². The molecule has 0 aliphatic carbocycles. The molecule has 4 aromatic rings. The number of imidazole rings is 2. The smallest absolute Gasteiger partial charge is 0.255 e. The molecule has 0 atom stereocenters. The summed E-state index contributed by atoms with van der Waals surface area (Å²) in [4.78, 5) is 26.7. The average molecular weight is 277 g/mol. The van der Waals surface area contributed by atoms with Gasteiger partial charge in [0.25, 0.3) is 5.91 Å². The zero-order valence-corrected chi connectivity index (χ0v) is 10.9. The summed E-state index contributed by atoms with van der Waals surface area (Å²) < 4.78 is 0. The van der Waals surface area contributed by atoms with Gasteiger partial charge in [-0.25, -0.2) is 9.97 Å². The van der Waals surface area contributed by atoms with Crippen molar-refractivity contribution in [2.24, 2.45) is 0 Å². The van der Waals surface area contributed by atoms with Crippen LogP contribution in [-0.4, -0.2) is 25.8 Å². The number of fused-ring (bicyclic) bond motifs is 2. The number of aromatic amines is 2. The van der Waals surface area contributed by atoms with Gasteiger partial charge in [-0.05, 0) is 30.3 Å². The van der Waals surface area contributed by atoms with Crippen LogP contribution in [0.5, 0.6) is 0 Å². The molecule has 2 aromatic heterocycles. The molecule has 0 unspecified atom stereocenters. The van der Waals surface area contributed by atoms with E-state index in [9.17, 15) is 4.79 Å². The summed E-state index contributed by atoms with van der Waals surface area (Å²) in [6.07, 6.45) is 3.22. The van der Waals surface area contributed by atoms with Gasteiger partial charge in [-0.2, -0.15) is 0 Å². The standard InChI is InChI=1S/C15H11N5O/c21-15(9-4-5-10-13(6-9)18-7-16-10)20-12-3-1-2-11-14(12)19-8-17-11/h1-8H,(H,16,18)(H,17,19)(H,20,21). The Bertz CT molecular complexity index is 953. The third-order valence-electron chi connectivity index (χ3n) is 3.38. The van der Waals surface area contributed by atoms with Crippen LogP contribution in [0.2, 0.25) is 0 Å². The number of benzene rings is 2. The highest BCUT2D eigenvalue weighted by molar-refractivity contribution is 6.09. The fourth-order valence-corrected chi connectivity index (χ4v) is 2.34. The van der Waals surface area contributed by atoms with Crippen molar-refractivity contribution in [2.75, 3.05) is 5.32 Å². The number of carbonyl (C=O) groups is 1. The van der Waals surface area contributed by atoms with E-state index in [0.29, 0.717) is 11.3 Å². The molecule has 2 aromatic carbocycles. The van der Waals surface area contributed by atoms with Crippen LogP contribution in [0.25, 0.3) is 22.1 Å². The Labute approximate surface area is 119 Å². The number of aromatic nitrogens is 4. The first-order chi connectivity index (χ1) is 10.3. The molecule has 6 nitrogen and oxygen atoms in total. The second-order valence-electron chi connectivity index (χ2n) is 4.69. The van der Waals surface area contributed by atoms with E-state index in [1.165, 1.54) is 0 Å². The van der Waals surface area contributed by atoms with Crippen molar-refractivity contribution in [3.63, 3.8) is 0 Å². The Morgan fingerprint density at radius 3 is 2.81 bits per heavy atom. The van der Waals surface area contributed by atoms with Crippen molar-refractivity contribution >= 4 is 33.7 Å². The zero-order valence-electron chi connectivity index (χ0n) is 10.9. The normalized spacial score (nSPS) is 11.0. The summed E-state index contributed by atoms with van der Waals surface area (Å²) in [5.41, 5.74) is 4.55. The number of hydrogen-bond donors (Lipinski definition) is 3. The first kappa shape index (κ1) is 11.7. The molecular formula is C15H11N5O. The van der Waals surface area contributed by atoms with Gasteiger partial charge in [-0.1, -0.05) is 6.07 Å². The quantitative estimate of drug-likeness (QED) is 0.526. The van der Waals surface area contributed by atoms with E-state index in [1.807, 2.05) is 24.3 Å². The lowest BCUT2D eigenvalue weighted by Gasteiger charge is -2.06. The van der Waals surface area contributed by atoms with Crippen molar-refractivity contribution in [3.05, 3.63) is 54.6 Å². The molecule has 4 rings (SSSR count).